The minimum atomic E-state index is -2.84. The van der Waals surface area contributed by atoms with E-state index < -0.39 is 23.1 Å². The van der Waals surface area contributed by atoms with Gasteiger partial charge in [-0.1, -0.05) is 11.6 Å². The van der Waals surface area contributed by atoms with Gasteiger partial charge in [-0.25, -0.2) is 13.8 Å². The summed E-state index contributed by atoms with van der Waals surface area (Å²) in [4.78, 5) is 3.04. The second-order valence-corrected chi connectivity index (χ2v) is 2.51. The van der Waals surface area contributed by atoms with Crippen LogP contribution in [0.1, 0.15) is 12.0 Å². The topological polar surface area (TPSA) is 22.1 Å². The predicted molar refractivity (Wildman–Crippen MR) is 40.7 cm³/mol. The first-order valence-electron chi connectivity index (χ1n) is 3.24. The summed E-state index contributed by atoms with van der Waals surface area (Å²) in [7, 11) is 1.15. The van der Waals surface area contributed by atoms with E-state index in [4.69, 9.17) is 11.6 Å². The molecule has 6 heteroatoms. The first-order valence-corrected chi connectivity index (χ1v) is 3.62. The number of aromatic nitrogens is 1. The quantitative estimate of drug-likeness (QED) is 0.702. The van der Waals surface area contributed by atoms with Crippen LogP contribution in [-0.2, 0) is 0 Å². The van der Waals surface area contributed by atoms with Gasteiger partial charge in [0.25, 0.3) is 6.43 Å². The molecule has 0 saturated carbocycles. The fraction of sp³-hybridized carbons (Fsp3) is 0.286. The first kappa shape index (κ1) is 10.1. The number of rotatable bonds is 2. The van der Waals surface area contributed by atoms with Crippen LogP contribution in [0, 0.1) is 5.95 Å². The molecule has 13 heavy (non-hydrogen) atoms. The average Bonchev–Trinajstić information content (AvgIpc) is 2.01. The fourth-order valence-electron chi connectivity index (χ4n) is 0.840. The number of pyridine rings is 1. The van der Waals surface area contributed by atoms with Crippen molar-refractivity contribution in [1.29, 1.82) is 0 Å². The molecule has 1 aromatic heterocycles. The molecule has 0 amide bonds. The van der Waals surface area contributed by atoms with Crippen molar-refractivity contribution in [2.45, 2.75) is 6.43 Å². The summed E-state index contributed by atoms with van der Waals surface area (Å²) in [6.45, 7) is 0. The van der Waals surface area contributed by atoms with E-state index in [-0.39, 0.29) is 5.75 Å². The summed E-state index contributed by atoms with van der Waals surface area (Å²) in [5.74, 6) is -1.25. The van der Waals surface area contributed by atoms with E-state index in [1.807, 2.05) is 0 Å². The van der Waals surface area contributed by atoms with Crippen molar-refractivity contribution >= 4 is 11.6 Å². The Morgan fingerprint density at radius 1 is 1.54 bits per heavy atom. The number of halogens is 4. The zero-order valence-electron chi connectivity index (χ0n) is 6.52. The van der Waals surface area contributed by atoms with Gasteiger partial charge < -0.3 is 4.74 Å². The van der Waals surface area contributed by atoms with Gasteiger partial charge in [-0.3, -0.25) is 0 Å². The lowest BCUT2D eigenvalue weighted by Gasteiger charge is -2.08. The number of hydrogen-bond acceptors (Lipinski definition) is 2. The third-order valence-electron chi connectivity index (χ3n) is 1.38. The zero-order chi connectivity index (χ0) is 10.0. The number of hydrogen-bond donors (Lipinski definition) is 0. The van der Waals surface area contributed by atoms with Gasteiger partial charge in [0.15, 0.2) is 0 Å². The monoisotopic (exact) mass is 211 g/mol. The fourth-order valence-corrected chi connectivity index (χ4v) is 1.10. The second kappa shape index (κ2) is 3.83. The molecule has 0 atom stereocenters. The molecule has 0 radical (unpaired) electrons. The molecular weight excluding hydrogens is 207 g/mol. The van der Waals surface area contributed by atoms with Gasteiger partial charge in [0.1, 0.15) is 10.9 Å². The van der Waals surface area contributed by atoms with E-state index in [0.717, 1.165) is 13.2 Å². The lowest BCUT2D eigenvalue weighted by molar-refractivity contribution is 0.146. The van der Waals surface area contributed by atoms with Gasteiger partial charge in [0, 0.05) is 6.07 Å². The van der Waals surface area contributed by atoms with Gasteiger partial charge in [0.05, 0.1) is 12.7 Å². The number of ether oxygens (including phenoxy) is 1. The predicted octanol–water partition coefficient (Wildman–Crippen LogP) is 2.82. The molecule has 0 bridgehead atoms. The smallest absolute Gasteiger partial charge is 0.270 e. The summed E-state index contributed by atoms with van der Waals surface area (Å²) in [5, 5.41) is -0.577. The molecule has 1 heterocycles. The summed E-state index contributed by atoms with van der Waals surface area (Å²) in [6, 6.07) is 0.757. The number of nitrogens with zero attached hydrogens (tertiary/aromatic N) is 1. The van der Waals surface area contributed by atoms with E-state index in [1.165, 1.54) is 0 Å². The van der Waals surface area contributed by atoms with E-state index in [9.17, 15) is 13.2 Å². The standard InChI is InChI=1S/C7H5ClF3NO/c1-13-3-2-4(9)12-6(8)5(3)7(10)11/h2,7H,1H3. The minimum Gasteiger partial charge on any atom is -0.496 e. The van der Waals surface area contributed by atoms with Gasteiger partial charge in [-0.15, -0.1) is 0 Å². The van der Waals surface area contributed by atoms with Crippen LogP contribution in [-0.4, -0.2) is 12.1 Å². The molecule has 0 fully saturated rings. The van der Waals surface area contributed by atoms with E-state index in [2.05, 4.69) is 9.72 Å². The maximum absolute atomic E-state index is 12.5. The Labute approximate surface area is 77.3 Å². The Hall–Kier alpha value is -0.970. The largest absolute Gasteiger partial charge is 0.496 e. The summed E-state index contributed by atoms with van der Waals surface area (Å²) in [6.07, 6.45) is -2.84. The van der Waals surface area contributed by atoms with E-state index in [0.29, 0.717) is 0 Å². The Morgan fingerprint density at radius 2 is 2.15 bits per heavy atom. The van der Waals surface area contributed by atoms with Crippen LogP contribution in [0.4, 0.5) is 13.2 Å². The molecule has 0 unspecified atom stereocenters. The van der Waals surface area contributed by atoms with Gasteiger partial charge in [-0.05, 0) is 0 Å². The Morgan fingerprint density at radius 3 is 2.62 bits per heavy atom. The van der Waals surface area contributed by atoms with E-state index in [1.54, 1.807) is 0 Å². The van der Waals surface area contributed by atoms with Crippen LogP contribution in [0.3, 0.4) is 0 Å². The van der Waals surface area contributed by atoms with Crippen LogP contribution in [0.15, 0.2) is 6.07 Å². The molecule has 0 spiro atoms. The molecule has 0 N–H and O–H groups in total. The molecule has 1 rings (SSSR count). The minimum absolute atomic E-state index is 0.299. The third-order valence-corrected chi connectivity index (χ3v) is 1.67. The van der Waals surface area contributed by atoms with Gasteiger partial charge >= 0.3 is 0 Å². The number of alkyl halides is 2. The SMILES string of the molecule is COc1cc(F)nc(Cl)c1C(F)F. The Bertz CT molecular complexity index is 319. The van der Waals surface area contributed by atoms with Crippen molar-refractivity contribution in [1.82, 2.24) is 4.98 Å². The number of methoxy groups -OCH3 is 1. The normalized spacial score (nSPS) is 10.6. The van der Waals surface area contributed by atoms with Crippen molar-refractivity contribution < 1.29 is 17.9 Å². The highest BCUT2D eigenvalue weighted by atomic mass is 35.5. The maximum atomic E-state index is 12.5. The molecule has 0 aliphatic carbocycles. The molecule has 2 nitrogen and oxygen atoms in total. The summed E-state index contributed by atoms with van der Waals surface area (Å²) >= 11 is 5.30. The Balaban J connectivity index is 3.30. The van der Waals surface area contributed by atoms with E-state index >= 15 is 0 Å². The van der Waals surface area contributed by atoms with Crippen molar-refractivity contribution in [3.8, 4) is 5.75 Å². The molecule has 1 aromatic rings. The second-order valence-electron chi connectivity index (χ2n) is 2.15. The zero-order valence-corrected chi connectivity index (χ0v) is 7.28. The average molecular weight is 212 g/mol. The highest BCUT2D eigenvalue weighted by Gasteiger charge is 2.20. The van der Waals surface area contributed by atoms with Gasteiger partial charge in [0.2, 0.25) is 5.95 Å². The molecule has 72 valence electrons. The van der Waals surface area contributed by atoms with Crippen LogP contribution < -0.4 is 4.74 Å². The Kier molecular flexibility index (Phi) is 2.98. The van der Waals surface area contributed by atoms with Crippen LogP contribution in [0.5, 0.6) is 5.75 Å². The van der Waals surface area contributed by atoms with Crippen molar-refractivity contribution in [3.05, 3.63) is 22.7 Å². The van der Waals surface area contributed by atoms with Crippen molar-refractivity contribution in [2.24, 2.45) is 0 Å². The van der Waals surface area contributed by atoms with Crippen LogP contribution >= 0.6 is 11.6 Å². The molecule has 0 saturated heterocycles. The van der Waals surface area contributed by atoms with Crippen molar-refractivity contribution in [3.63, 3.8) is 0 Å². The lowest BCUT2D eigenvalue weighted by atomic mass is 10.2. The van der Waals surface area contributed by atoms with Gasteiger partial charge in [-0.2, -0.15) is 4.39 Å². The summed E-state index contributed by atoms with van der Waals surface area (Å²) in [5.41, 5.74) is -0.592. The highest BCUT2D eigenvalue weighted by molar-refractivity contribution is 6.30. The molecule has 0 aliphatic rings. The third kappa shape index (κ3) is 2.03. The highest BCUT2D eigenvalue weighted by Crippen LogP contribution is 2.33. The first-order chi connectivity index (χ1) is 6.06. The van der Waals surface area contributed by atoms with Crippen LogP contribution in [0.2, 0.25) is 5.15 Å². The van der Waals surface area contributed by atoms with Crippen LogP contribution in [0.25, 0.3) is 0 Å². The van der Waals surface area contributed by atoms with Crippen molar-refractivity contribution in [2.75, 3.05) is 7.11 Å². The molecule has 0 aliphatic heterocycles. The summed E-state index contributed by atoms with van der Waals surface area (Å²) < 4.78 is 41.6. The lowest BCUT2D eigenvalue weighted by Crippen LogP contribution is -1.97. The molecule has 0 aromatic carbocycles. The maximum Gasteiger partial charge on any atom is 0.270 e. The molecular formula is C7H5ClF3NO.